The lowest BCUT2D eigenvalue weighted by molar-refractivity contribution is -0.123. The number of carbonyl (C=O) groups is 2. The van der Waals surface area contributed by atoms with Crippen molar-refractivity contribution in [1.29, 1.82) is 0 Å². The van der Waals surface area contributed by atoms with Gasteiger partial charge in [-0.1, -0.05) is 17.3 Å². The molecule has 0 fully saturated rings. The zero-order valence-electron chi connectivity index (χ0n) is 17.6. The van der Waals surface area contributed by atoms with Crippen LogP contribution < -0.4 is 24.8 Å². The van der Waals surface area contributed by atoms with E-state index in [0.29, 0.717) is 22.8 Å². The van der Waals surface area contributed by atoms with Gasteiger partial charge in [-0.25, -0.2) is 0 Å². The molecule has 1 aliphatic rings. The van der Waals surface area contributed by atoms with E-state index < -0.39 is 5.91 Å². The summed E-state index contributed by atoms with van der Waals surface area (Å²) in [5.41, 5.74) is 2.72. The second-order valence-electron chi connectivity index (χ2n) is 7.08. The van der Waals surface area contributed by atoms with Crippen LogP contribution in [0.1, 0.15) is 21.8 Å². The maximum atomic E-state index is 12.2. The van der Waals surface area contributed by atoms with Crippen LogP contribution in [0.5, 0.6) is 17.2 Å². The highest BCUT2D eigenvalue weighted by atomic mass is 16.7. The maximum absolute atomic E-state index is 12.2. The average Bonchev–Trinajstić information content (AvgIpc) is 3.46. The Bertz CT molecular complexity index is 1140. The molecule has 1 aliphatic heterocycles. The average molecular weight is 438 g/mol. The van der Waals surface area contributed by atoms with Gasteiger partial charge in [-0.3, -0.25) is 9.59 Å². The summed E-state index contributed by atoms with van der Waals surface area (Å²) in [5.74, 6) is 1.14. The van der Waals surface area contributed by atoms with Crippen LogP contribution in [0.2, 0.25) is 0 Å². The zero-order chi connectivity index (χ0) is 22.5. The summed E-state index contributed by atoms with van der Waals surface area (Å²) >= 11 is 0. The summed E-state index contributed by atoms with van der Waals surface area (Å²) in [7, 11) is 0. The lowest BCUT2D eigenvalue weighted by Gasteiger charge is -2.11. The molecule has 2 amide bonds. The summed E-state index contributed by atoms with van der Waals surface area (Å²) in [5, 5.41) is 9.12. The molecule has 0 spiro atoms. The summed E-state index contributed by atoms with van der Waals surface area (Å²) in [6, 6.07) is 10.9. The first-order chi connectivity index (χ1) is 15.5. The molecular weight excluding hydrogens is 416 g/mol. The van der Waals surface area contributed by atoms with Crippen molar-refractivity contribution in [3.8, 4) is 28.6 Å². The number of carbonyl (C=O) groups excluding carboxylic acids is 2. The third-order valence-corrected chi connectivity index (χ3v) is 4.90. The molecule has 0 bridgehead atoms. The van der Waals surface area contributed by atoms with Crippen molar-refractivity contribution in [2.45, 2.75) is 13.8 Å². The molecule has 0 aliphatic carbocycles. The topological polar surface area (TPSA) is 125 Å². The van der Waals surface area contributed by atoms with Crippen LogP contribution in [0.3, 0.4) is 0 Å². The number of hydrogen-bond acceptors (Lipinski definition) is 8. The van der Waals surface area contributed by atoms with Crippen molar-refractivity contribution in [2.24, 2.45) is 0 Å². The highest BCUT2D eigenvalue weighted by Crippen LogP contribution is 2.35. The number of hydrogen-bond donors (Lipinski definition) is 2. The third-order valence-electron chi connectivity index (χ3n) is 4.90. The van der Waals surface area contributed by atoms with Gasteiger partial charge in [-0.05, 0) is 49.2 Å². The SMILES string of the molecule is Cc1cccc(OCC(=O)NCCNC(=O)c2nc(-c3ccc4c(c3)OCO4)no2)c1C. The van der Waals surface area contributed by atoms with Gasteiger partial charge in [-0.2, -0.15) is 4.98 Å². The number of amides is 2. The monoisotopic (exact) mass is 438 g/mol. The first kappa shape index (κ1) is 21.2. The van der Waals surface area contributed by atoms with Crippen molar-refractivity contribution in [3.63, 3.8) is 0 Å². The van der Waals surface area contributed by atoms with Gasteiger partial charge >= 0.3 is 11.8 Å². The number of nitrogens with zero attached hydrogens (tertiary/aromatic N) is 2. The second kappa shape index (κ2) is 9.38. The van der Waals surface area contributed by atoms with Crippen LogP contribution in [0, 0.1) is 13.8 Å². The summed E-state index contributed by atoms with van der Waals surface area (Å²) in [6.45, 7) is 4.38. The van der Waals surface area contributed by atoms with E-state index in [9.17, 15) is 9.59 Å². The van der Waals surface area contributed by atoms with Crippen LogP contribution in [-0.4, -0.2) is 48.4 Å². The molecular formula is C22H22N4O6. The largest absolute Gasteiger partial charge is 0.483 e. The molecule has 0 saturated carbocycles. The van der Waals surface area contributed by atoms with Gasteiger partial charge < -0.3 is 29.4 Å². The van der Waals surface area contributed by atoms with Gasteiger partial charge in [0, 0.05) is 18.7 Å². The van der Waals surface area contributed by atoms with Crippen molar-refractivity contribution in [3.05, 3.63) is 53.4 Å². The number of ether oxygens (including phenoxy) is 3. The molecule has 4 rings (SSSR count). The second-order valence-corrected chi connectivity index (χ2v) is 7.08. The fraction of sp³-hybridized carbons (Fsp3) is 0.273. The van der Waals surface area contributed by atoms with Crippen molar-refractivity contribution in [2.75, 3.05) is 26.5 Å². The summed E-state index contributed by atoms with van der Waals surface area (Å²) in [6.07, 6.45) is 0. The van der Waals surface area contributed by atoms with E-state index >= 15 is 0 Å². The van der Waals surface area contributed by atoms with Gasteiger partial charge in [0.15, 0.2) is 18.1 Å². The van der Waals surface area contributed by atoms with Crippen molar-refractivity contribution < 1.29 is 28.3 Å². The molecule has 0 radical (unpaired) electrons. The Morgan fingerprint density at radius 3 is 2.75 bits per heavy atom. The van der Waals surface area contributed by atoms with Crippen molar-refractivity contribution in [1.82, 2.24) is 20.8 Å². The summed E-state index contributed by atoms with van der Waals surface area (Å²) < 4.78 is 21.2. The van der Waals surface area contributed by atoms with Gasteiger partial charge in [0.1, 0.15) is 5.75 Å². The molecule has 32 heavy (non-hydrogen) atoms. The number of fused-ring (bicyclic) bond motifs is 1. The Hall–Kier alpha value is -4.08. The van der Waals surface area contributed by atoms with E-state index in [0.717, 1.165) is 11.1 Å². The van der Waals surface area contributed by atoms with Crippen molar-refractivity contribution >= 4 is 11.8 Å². The van der Waals surface area contributed by atoms with Gasteiger partial charge in [0.2, 0.25) is 12.6 Å². The normalized spacial score (nSPS) is 11.8. The van der Waals surface area contributed by atoms with E-state index in [-0.39, 0.29) is 44.1 Å². The third kappa shape index (κ3) is 4.80. The lowest BCUT2D eigenvalue weighted by atomic mass is 10.1. The minimum Gasteiger partial charge on any atom is -0.483 e. The van der Waals surface area contributed by atoms with E-state index in [2.05, 4.69) is 20.8 Å². The lowest BCUT2D eigenvalue weighted by Crippen LogP contribution is -2.36. The van der Waals surface area contributed by atoms with Crippen LogP contribution in [0.25, 0.3) is 11.4 Å². The van der Waals surface area contributed by atoms with E-state index in [1.165, 1.54) is 0 Å². The minimum atomic E-state index is -0.537. The molecule has 0 saturated heterocycles. The number of nitrogens with one attached hydrogen (secondary N) is 2. The van der Waals surface area contributed by atoms with Crippen LogP contribution >= 0.6 is 0 Å². The van der Waals surface area contributed by atoms with Gasteiger partial charge in [-0.15, -0.1) is 0 Å². The Morgan fingerprint density at radius 1 is 1.06 bits per heavy atom. The molecule has 2 N–H and O–H groups in total. The van der Waals surface area contributed by atoms with Gasteiger partial charge in [0.25, 0.3) is 5.91 Å². The van der Waals surface area contributed by atoms with Crippen LogP contribution in [-0.2, 0) is 4.79 Å². The Labute approximate surface area is 183 Å². The van der Waals surface area contributed by atoms with Gasteiger partial charge in [0.05, 0.1) is 0 Å². The van der Waals surface area contributed by atoms with E-state index in [1.807, 2.05) is 32.0 Å². The van der Waals surface area contributed by atoms with Crippen LogP contribution in [0.4, 0.5) is 0 Å². The number of aryl methyl sites for hydroxylation is 1. The molecule has 2 heterocycles. The maximum Gasteiger partial charge on any atom is 0.316 e. The number of benzene rings is 2. The number of rotatable bonds is 8. The zero-order valence-corrected chi connectivity index (χ0v) is 17.6. The number of aromatic nitrogens is 2. The molecule has 0 atom stereocenters. The quantitative estimate of drug-likeness (QED) is 0.512. The molecule has 10 heteroatoms. The summed E-state index contributed by atoms with van der Waals surface area (Å²) in [4.78, 5) is 28.3. The molecule has 0 unspecified atom stereocenters. The fourth-order valence-electron chi connectivity index (χ4n) is 3.00. The Kier molecular flexibility index (Phi) is 6.20. The highest BCUT2D eigenvalue weighted by Gasteiger charge is 2.19. The first-order valence-corrected chi connectivity index (χ1v) is 9.99. The minimum absolute atomic E-state index is 0.110. The predicted octanol–water partition coefficient (Wildman–Crippen LogP) is 2.01. The highest BCUT2D eigenvalue weighted by molar-refractivity contribution is 5.90. The fourth-order valence-corrected chi connectivity index (χ4v) is 3.00. The molecule has 3 aromatic rings. The standard InChI is InChI=1S/C22H22N4O6/c1-13-4-3-5-16(14(13)2)29-11-19(27)23-8-9-24-21(28)22-25-20(26-32-22)15-6-7-17-18(10-15)31-12-30-17/h3-7,10H,8-9,11-12H2,1-2H3,(H,23,27)(H,24,28). The molecule has 10 nitrogen and oxygen atoms in total. The molecule has 166 valence electrons. The molecule has 2 aromatic carbocycles. The molecule has 1 aromatic heterocycles. The predicted molar refractivity (Wildman–Crippen MR) is 113 cm³/mol. The first-order valence-electron chi connectivity index (χ1n) is 9.99. The van der Waals surface area contributed by atoms with Crippen LogP contribution in [0.15, 0.2) is 40.9 Å². The Balaban J connectivity index is 1.21. The Morgan fingerprint density at radius 2 is 1.88 bits per heavy atom. The smallest absolute Gasteiger partial charge is 0.316 e. The van der Waals surface area contributed by atoms with E-state index in [4.69, 9.17) is 18.7 Å². The van der Waals surface area contributed by atoms with E-state index in [1.54, 1.807) is 18.2 Å².